The first-order valence-corrected chi connectivity index (χ1v) is 6.54. The summed E-state index contributed by atoms with van der Waals surface area (Å²) in [5.41, 5.74) is 7.45. The van der Waals surface area contributed by atoms with Gasteiger partial charge >= 0.3 is 0 Å². The number of aromatic nitrogens is 1. The van der Waals surface area contributed by atoms with Crippen LogP contribution in [-0.4, -0.2) is 41.1 Å². The second-order valence-corrected chi connectivity index (χ2v) is 5.15. The highest BCUT2D eigenvalue weighted by atomic mass is 32.1. The molecule has 0 spiro atoms. The Bertz CT molecular complexity index is 417. The van der Waals surface area contributed by atoms with E-state index in [9.17, 15) is 0 Å². The first-order valence-electron chi connectivity index (χ1n) is 6.13. The summed E-state index contributed by atoms with van der Waals surface area (Å²) >= 11 is 5.02. The van der Waals surface area contributed by atoms with Gasteiger partial charge in [0.1, 0.15) is 10.8 Å². The normalized spacial score (nSPS) is 11.0. The van der Waals surface area contributed by atoms with Crippen LogP contribution in [0.2, 0.25) is 0 Å². The van der Waals surface area contributed by atoms with E-state index in [4.69, 9.17) is 18.0 Å². The molecule has 100 valence electrons. The van der Waals surface area contributed by atoms with Crippen molar-refractivity contribution >= 4 is 23.0 Å². The van der Waals surface area contributed by atoms with Gasteiger partial charge in [-0.2, -0.15) is 0 Å². The van der Waals surface area contributed by atoms with E-state index in [-0.39, 0.29) is 0 Å². The van der Waals surface area contributed by atoms with Gasteiger partial charge in [0.2, 0.25) is 0 Å². The van der Waals surface area contributed by atoms with Crippen molar-refractivity contribution in [1.82, 2.24) is 9.88 Å². The molecule has 1 aromatic heterocycles. The minimum absolute atomic E-state index is 0.377. The lowest BCUT2D eigenvalue weighted by Gasteiger charge is -2.21. The average molecular weight is 266 g/mol. The molecule has 0 amide bonds. The van der Waals surface area contributed by atoms with Crippen LogP contribution >= 0.6 is 12.2 Å². The molecule has 3 N–H and O–H groups in total. The van der Waals surface area contributed by atoms with Gasteiger partial charge < -0.3 is 16.0 Å². The van der Waals surface area contributed by atoms with Crippen LogP contribution < -0.4 is 11.1 Å². The number of hydrogen-bond acceptors (Lipinski definition) is 4. The third-order valence-electron chi connectivity index (χ3n) is 2.94. The lowest BCUT2D eigenvalue weighted by Crippen LogP contribution is -2.31. The molecule has 0 aliphatic rings. The number of anilines is 1. The van der Waals surface area contributed by atoms with E-state index in [2.05, 4.69) is 36.1 Å². The van der Waals surface area contributed by atoms with E-state index in [1.165, 1.54) is 0 Å². The van der Waals surface area contributed by atoms with Gasteiger partial charge in [-0.05, 0) is 40.0 Å². The molecule has 0 aliphatic heterocycles. The lowest BCUT2D eigenvalue weighted by atomic mass is 10.2. The van der Waals surface area contributed by atoms with E-state index in [1.807, 2.05) is 19.1 Å². The molecule has 0 atom stereocenters. The maximum Gasteiger partial charge on any atom is 0.136 e. The number of pyridine rings is 1. The van der Waals surface area contributed by atoms with Crippen LogP contribution in [0.5, 0.6) is 0 Å². The Morgan fingerprint density at radius 1 is 1.50 bits per heavy atom. The van der Waals surface area contributed by atoms with Gasteiger partial charge in [-0.1, -0.05) is 12.2 Å². The minimum Gasteiger partial charge on any atom is -0.389 e. The SMILES string of the molecule is Cc1ccc(C(N)=S)c(NCCN(C)C(C)C)n1. The average Bonchev–Trinajstić information content (AvgIpc) is 2.28. The van der Waals surface area contributed by atoms with Gasteiger partial charge in [0.15, 0.2) is 0 Å². The summed E-state index contributed by atoms with van der Waals surface area (Å²) in [7, 11) is 2.10. The summed E-state index contributed by atoms with van der Waals surface area (Å²) in [5, 5.41) is 3.30. The molecule has 0 saturated heterocycles. The lowest BCUT2D eigenvalue weighted by molar-refractivity contribution is 0.284. The monoisotopic (exact) mass is 266 g/mol. The molecule has 0 aromatic carbocycles. The number of rotatable bonds is 6. The molecule has 4 nitrogen and oxygen atoms in total. The fraction of sp³-hybridized carbons (Fsp3) is 0.538. The summed E-state index contributed by atoms with van der Waals surface area (Å²) in [6, 6.07) is 4.37. The predicted molar refractivity (Wildman–Crippen MR) is 81.1 cm³/mol. The second kappa shape index (κ2) is 6.66. The van der Waals surface area contributed by atoms with Crippen molar-refractivity contribution in [3.05, 3.63) is 23.4 Å². The molecule has 1 heterocycles. The Morgan fingerprint density at radius 3 is 2.72 bits per heavy atom. The third kappa shape index (κ3) is 4.23. The first-order chi connectivity index (χ1) is 8.41. The fourth-order valence-corrected chi connectivity index (χ4v) is 1.66. The minimum atomic E-state index is 0.377. The van der Waals surface area contributed by atoms with Gasteiger partial charge in [-0.3, -0.25) is 0 Å². The fourth-order valence-electron chi connectivity index (χ4n) is 1.50. The highest BCUT2D eigenvalue weighted by Gasteiger charge is 2.08. The Labute approximate surface area is 115 Å². The molecule has 0 unspecified atom stereocenters. The van der Waals surface area contributed by atoms with Crippen LogP contribution in [0.15, 0.2) is 12.1 Å². The molecular weight excluding hydrogens is 244 g/mol. The van der Waals surface area contributed by atoms with Crippen molar-refractivity contribution in [3.63, 3.8) is 0 Å². The zero-order valence-electron chi connectivity index (χ0n) is 11.5. The highest BCUT2D eigenvalue weighted by molar-refractivity contribution is 7.80. The number of thiocarbonyl (C=S) groups is 1. The van der Waals surface area contributed by atoms with Crippen molar-refractivity contribution < 1.29 is 0 Å². The van der Waals surface area contributed by atoms with Crippen LogP contribution in [0.4, 0.5) is 5.82 Å². The quantitative estimate of drug-likeness (QED) is 0.769. The van der Waals surface area contributed by atoms with Crippen molar-refractivity contribution in [2.45, 2.75) is 26.8 Å². The van der Waals surface area contributed by atoms with Crippen molar-refractivity contribution in [1.29, 1.82) is 0 Å². The van der Waals surface area contributed by atoms with Crippen LogP contribution in [0, 0.1) is 6.92 Å². The van der Waals surface area contributed by atoms with Crippen LogP contribution in [0.1, 0.15) is 25.1 Å². The van der Waals surface area contributed by atoms with Crippen LogP contribution in [0.25, 0.3) is 0 Å². The van der Waals surface area contributed by atoms with E-state index in [0.717, 1.165) is 30.2 Å². The van der Waals surface area contributed by atoms with Crippen molar-refractivity contribution in [3.8, 4) is 0 Å². The summed E-state index contributed by atoms with van der Waals surface area (Å²) in [6.07, 6.45) is 0. The van der Waals surface area contributed by atoms with Gasteiger partial charge in [-0.15, -0.1) is 0 Å². The molecule has 18 heavy (non-hydrogen) atoms. The van der Waals surface area contributed by atoms with Gasteiger partial charge in [0.05, 0.1) is 5.56 Å². The molecular formula is C13H22N4S. The summed E-state index contributed by atoms with van der Waals surface area (Å²) in [6.45, 7) is 8.07. The van der Waals surface area contributed by atoms with E-state index < -0.39 is 0 Å². The molecule has 1 rings (SSSR count). The summed E-state index contributed by atoms with van der Waals surface area (Å²) < 4.78 is 0. The topological polar surface area (TPSA) is 54.2 Å². The van der Waals surface area contributed by atoms with Gasteiger partial charge in [-0.25, -0.2) is 4.98 Å². The number of nitrogens with zero attached hydrogens (tertiary/aromatic N) is 2. The smallest absolute Gasteiger partial charge is 0.136 e. The zero-order chi connectivity index (χ0) is 13.7. The summed E-state index contributed by atoms with van der Waals surface area (Å²) in [4.78, 5) is 7.08. The molecule has 0 saturated carbocycles. The Hall–Kier alpha value is -1.20. The first kappa shape index (κ1) is 14.9. The maximum absolute atomic E-state index is 5.69. The number of hydrogen-bond donors (Lipinski definition) is 2. The van der Waals surface area contributed by atoms with Crippen LogP contribution in [-0.2, 0) is 0 Å². The molecule has 5 heteroatoms. The molecule has 0 bridgehead atoms. The molecule has 0 radical (unpaired) electrons. The van der Waals surface area contributed by atoms with E-state index in [1.54, 1.807) is 0 Å². The largest absolute Gasteiger partial charge is 0.389 e. The zero-order valence-corrected chi connectivity index (χ0v) is 12.3. The number of likely N-dealkylation sites (N-methyl/N-ethyl adjacent to an activating group) is 1. The number of nitrogens with one attached hydrogen (secondary N) is 1. The Kier molecular flexibility index (Phi) is 5.50. The van der Waals surface area contributed by atoms with Gasteiger partial charge in [0.25, 0.3) is 0 Å². The standard InChI is InChI=1S/C13H22N4S/c1-9(2)17(4)8-7-15-13-11(12(14)18)6-5-10(3)16-13/h5-6,9H,7-8H2,1-4H3,(H2,14,18)(H,15,16). The molecule has 1 aromatic rings. The number of nitrogens with two attached hydrogens (primary N) is 1. The molecule has 0 fully saturated rings. The summed E-state index contributed by atoms with van der Waals surface area (Å²) in [5.74, 6) is 0.777. The van der Waals surface area contributed by atoms with Crippen LogP contribution in [0.3, 0.4) is 0 Å². The predicted octanol–water partition coefficient (Wildman–Crippen LogP) is 1.78. The Morgan fingerprint density at radius 2 is 2.17 bits per heavy atom. The van der Waals surface area contributed by atoms with E-state index >= 15 is 0 Å². The van der Waals surface area contributed by atoms with Crippen molar-refractivity contribution in [2.75, 3.05) is 25.5 Å². The van der Waals surface area contributed by atoms with Crippen molar-refractivity contribution in [2.24, 2.45) is 5.73 Å². The van der Waals surface area contributed by atoms with Gasteiger partial charge in [0, 0.05) is 24.8 Å². The van der Waals surface area contributed by atoms with E-state index in [0.29, 0.717) is 11.0 Å². The molecule has 0 aliphatic carbocycles. The second-order valence-electron chi connectivity index (χ2n) is 4.71. The Balaban J connectivity index is 2.66. The third-order valence-corrected chi connectivity index (χ3v) is 3.16. The highest BCUT2D eigenvalue weighted by Crippen LogP contribution is 2.13. The maximum atomic E-state index is 5.69. The number of aryl methyl sites for hydroxylation is 1.